The van der Waals surface area contributed by atoms with Crippen molar-refractivity contribution in [2.24, 2.45) is 11.3 Å². The van der Waals surface area contributed by atoms with E-state index in [-0.39, 0.29) is 5.54 Å². The zero-order valence-electron chi connectivity index (χ0n) is 16.2. The maximum atomic E-state index is 4.49. The van der Waals surface area contributed by atoms with Crippen molar-refractivity contribution in [3.05, 3.63) is 24.8 Å². The molecule has 0 fully saturated rings. The predicted octanol–water partition coefficient (Wildman–Crippen LogP) is 4.62. The molecule has 4 heteroatoms. The van der Waals surface area contributed by atoms with Crippen molar-refractivity contribution in [2.75, 3.05) is 18.4 Å². The molecule has 4 nitrogen and oxygen atoms in total. The fraction of sp³-hybridized carbons (Fsp3) is 0.737. The minimum Gasteiger partial charge on any atom is -0.343 e. The Morgan fingerprint density at radius 2 is 1.91 bits per heavy atom. The molecular weight excluding hydrogens is 284 g/mol. The molecule has 0 saturated carbocycles. The monoisotopic (exact) mass is 320 g/mol. The lowest BCUT2D eigenvalue weighted by Crippen LogP contribution is -2.40. The largest absolute Gasteiger partial charge is 0.343 e. The molecule has 0 saturated heterocycles. The summed E-state index contributed by atoms with van der Waals surface area (Å²) < 4.78 is 2.17. The Balaban J connectivity index is 2.61. The molecule has 2 N–H and O–H groups in total. The summed E-state index contributed by atoms with van der Waals surface area (Å²) in [5.41, 5.74) is 1.32. The van der Waals surface area contributed by atoms with E-state index in [0.717, 1.165) is 31.0 Å². The van der Waals surface area contributed by atoms with Crippen LogP contribution >= 0.6 is 0 Å². The molecule has 1 atom stereocenters. The number of nitrogens with one attached hydrogen (secondary N) is 2. The molecule has 0 spiro atoms. The topological polar surface area (TPSA) is 41.9 Å². The first-order chi connectivity index (χ1) is 10.5. The van der Waals surface area contributed by atoms with Gasteiger partial charge in [-0.1, -0.05) is 47.6 Å². The van der Waals surface area contributed by atoms with Crippen LogP contribution in [0.25, 0.3) is 0 Å². The summed E-state index contributed by atoms with van der Waals surface area (Å²) in [7, 11) is 0. The van der Waals surface area contributed by atoms with E-state index in [1.807, 2.05) is 6.33 Å². The number of allylic oxidation sites excluding steroid dienone is 1. The number of rotatable bonds is 9. The normalized spacial score (nSPS) is 13.9. The summed E-state index contributed by atoms with van der Waals surface area (Å²) >= 11 is 0. The molecule has 1 rings (SSSR count). The Morgan fingerprint density at radius 3 is 2.48 bits per heavy atom. The van der Waals surface area contributed by atoms with Gasteiger partial charge in [0.05, 0.1) is 11.9 Å². The van der Waals surface area contributed by atoms with E-state index < -0.39 is 0 Å². The number of anilines is 1. The average molecular weight is 321 g/mol. The second-order valence-electron chi connectivity index (χ2n) is 8.48. The molecular formula is C19H36N4. The molecule has 1 aromatic heterocycles. The van der Waals surface area contributed by atoms with Crippen LogP contribution in [0.3, 0.4) is 0 Å². The zero-order valence-corrected chi connectivity index (χ0v) is 16.2. The van der Waals surface area contributed by atoms with Gasteiger partial charge in [0, 0.05) is 25.0 Å². The molecule has 0 aliphatic rings. The third-order valence-corrected chi connectivity index (χ3v) is 4.10. The second kappa shape index (κ2) is 8.00. The molecule has 0 amide bonds. The van der Waals surface area contributed by atoms with Crippen molar-refractivity contribution in [1.82, 2.24) is 14.9 Å². The smallest absolute Gasteiger partial charge is 0.148 e. The SMILES string of the molecule is C=C(Nc1cn(C(C)(C)CNCC(C)(C)C)cn1)C(C)CCC. The maximum Gasteiger partial charge on any atom is 0.148 e. The lowest BCUT2D eigenvalue weighted by molar-refractivity contribution is 0.298. The van der Waals surface area contributed by atoms with Crippen molar-refractivity contribution in [3.63, 3.8) is 0 Å². The van der Waals surface area contributed by atoms with Gasteiger partial charge in [0.2, 0.25) is 0 Å². The van der Waals surface area contributed by atoms with Crippen molar-refractivity contribution >= 4 is 5.82 Å². The Bertz CT molecular complexity index is 494. The highest BCUT2D eigenvalue weighted by atomic mass is 15.2. The average Bonchev–Trinajstić information content (AvgIpc) is 2.86. The van der Waals surface area contributed by atoms with Crippen LogP contribution in [0.15, 0.2) is 24.8 Å². The summed E-state index contributed by atoms with van der Waals surface area (Å²) in [5.74, 6) is 1.34. The molecule has 0 aromatic carbocycles. The van der Waals surface area contributed by atoms with Crippen LogP contribution in [0.4, 0.5) is 5.82 Å². The first-order valence-corrected chi connectivity index (χ1v) is 8.76. The highest BCUT2D eigenvalue weighted by Gasteiger charge is 2.21. The highest BCUT2D eigenvalue weighted by Crippen LogP contribution is 2.21. The van der Waals surface area contributed by atoms with E-state index >= 15 is 0 Å². The zero-order chi connectivity index (χ0) is 17.7. The number of imidazole rings is 1. The van der Waals surface area contributed by atoms with E-state index in [1.54, 1.807) is 0 Å². The van der Waals surface area contributed by atoms with Crippen molar-refractivity contribution in [1.29, 1.82) is 0 Å². The lowest BCUT2D eigenvalue weighted by atomic mass is 9.96. The quantitative estimate of drug-likeness (QED) is 0.698. The van der Waals surface area contributed by atoms with Crippen LogP contribution in [0.5, 0.6) is 0 Å². The van der Waals surface area contributed by atoms with Crippen LogP contribution in [-0.2, 0) is 5.54 Å². The summed E-state index contributed by atoms with van der Waals surface area (Å²) in [4.78, 5) is 4.49. The minimum absolute atomic E-state index is 0.0193. The van der Waals surface area contributed by atoms with Crippen LogP contribution < -0.4 is 10.6 Å². The van der Waals surface area contributed by atoms with Gasteiger partial charge in [0.1, 0.15) is 5.82 Å². The fourth-order valence-electron chi connectivity index (χ4n) is 2.45. The van der Waals surface area contributed by atoms with Crippen molar-refractivity contribution < 1.29 is 0 Å². The van der Waals surface area contributed by atoms with Crippen molar-refractivity contribution in [3.8, 4) is 0 Å². The molecule has 1 aromatic rings. The van der Waals surface area contributed by atoms with Gasteiger partial charge in [-0.15, -0.1) is 0 Å². The van der Waals surface area contributed by atoms with Crippen molar-refractivity contribution in [2.45, 2.75) is 66.8 Å². The molecule has 0 bridgehead atoms. The van der Waals surface area contributed by atoms with E-state index in [0.29, 0.717) is 11.3 Å². The first kappa shape index (κ1) is 19.8. The molecule has 132 valence electrons. The van der Waals surface area contributed by atoms with Gasteiger partial charge in [0.25, 0.3) is 0 Å². The number of nitrogens with zero attached hydrogens (tertiary/aromatic N) is 2. The molecule has 1 unspecified atom stereocenters. The number of aromatic nitrogens is 2. The van der Waals surface area contributed by atoms with E-state index in [1.165, 1.54) is 6.42 Å². The van der Waals surface area contributed by atoms with Crippen LogP contribution in [0.1, 0.15) is 61.3 Å². The molecule has 1 heterocycles. The Kier molecular flexibility index (Phi) is 6.87. The first-order valence-electron chi connectivity index (χ1n) is 8.76. The van der Waals surface area contributed by atoms with Gasteiger partial charge < -0.3 is 15.2 Å². The van der Waals surface area contributed by atoms with E-state index in [4.69, 9.17) is 0 Å². The summed E-state index contributed by atoms with van der Waals surface area (Å²) in [6.45, 7) is 21.6. The van der Waals surface area contributed by atoms with Gasteiger partial charge in [-0.05, 0) is 31.6 Å². The Labute approximate surface area is 142 Å². The Hall–Kier alpha value is -1.29. The highest BCUT2D eigenvalue weighted by molar-refractivity contribution is 5.39. The number of hydrogen-bond donors (Lipinski definition) is 2. The lowest BCUT2D eigenvalue weighted by Gasteiger charge is -2.29. The molecule has 0 aliphatic carbocycles. The molecule has 0 radical (unpaired) electrons. The van der Waals surface area contributed by atoms with Crippen LogP contribution in [-0.4, -0.2) is 22.6 Å². The van der Waals surface area contributed by atoms with Gasteiger partial charge in [-0.3, -0.25) is 0 Å². The summed E-state index contributed by atoms with van der Waals surface area (Å²) in [6.07, 6.45) is 6.29. The fourth-order valence-corrected chi connectivity index (χ4v) is 2.45. The predicted molar refractivity (Wildman–Crippen MR) is 101 cm³/mol. The summed E-state index contributed by atoms with van der Waals surface area (Å²) in [6, 6.07) is 0. The molecule has 23 heavy (non-hydrogen) atoms. The Morgan fingerprint density at radius 1 is 1.26 bits per heavy atom. The third-order valence-electron chi connectivity index (χ3n) is 4.10. The van der Waals surface area contributed by atoms with Crippen LogP contribution in [0, 0.1) is 11.3 Å². The standard InChI is InChI=1S/C19H36N4/c1-9-10-15(2)16(3)22-17-11-23(14-21-17)19(7,8)13-20-12-18(4,5)6/h11,14-15,20,22H,3,9-10,12-13H2,1-2,4-8H3. The van der Waals surface area contributed by atoms with E-state index in [9.17, 15) is 0 Å². The maximum absolute atomic E-state index is 4.49. The van der Waals surface area contributed by atoms with Crippen LogP contribution in [0.2, 0.25) is 0 Å². The van der Waals surface area contributed by atoms with E-state index in [2.05, 4.69) is 81.4 Å². The third kappa shape index (κ3) is 6.78. The van der Waals surface area contributed by atoms with Gasteiger partial charge in [-0.25, -0.2) is 4.98 Å². The summed E-state index contributed by atoms with van der Waals surface area (Å²) in [5, 5.41) is 6.92. The molecule has 0 aliphatic heterocycles. The number of hydrogen-bond acceptors (Lipinski definition) is 3. The van der Waals surface area contributed by atoms with Gasteiger partial charge in [-0.2, -0.15) is 0 Å². The van der Waals surface area contributed by atoms with Gasteiger partial charge in [0.15, 0.2) is 0 Å². The minimum atomic E-state index is -0.0193. The second-order valence-corrected chi connectivity index (χ2v) is 8.48. The van der Waals surface area contributed by atoms with Gasteiger partial charge >= 0.3 is 0 Å².